The predicted molar refractivity (Wildman–Crippen MR) is 105 cm³/mol. The number of hydrogen-bond donors (Lipinski definition) is 2. The summed E-state index contributed by atoms with van der Waals surface area (Å²) in [6.07, 6.45) is 3.84. The molecule has 0 aliphatic carbocycles. The molecule has 2 aromatic carbocycles. The second kappa shape index (κ2) is 8.49. The van der Waals surface area contributed by atoms with Crippen molar-refractivity contribution >= 4 is 29.1 Å². The molecule has 0 fully saturated rings. The van der Waals surface area contributed by atoms with E-state index in [-0.39, 0.29) is 0 Å². The molecule has 25 heavy (non-hydrogen) atoms. The molecule has 0 aliphatic heterocycles. The largest absolute Gasteiger partial charge is 0.370 e. The van der Waals surface area contributed by atoms with Crippen molar-refractivity contribution in [2.24, 2.45) is 0 Å². The minimum absolute atomic E-state index is 0.554. The van der Waals surface area contributed by atoms with Gasteiger partial charge in [0.2, 0.25) is 5.95 Å². The van der Waals surface area contributed by atoms with Gasteiger partial charge in [0.15, 0.2) is 0 Å². The maximum Gasteiger partial charge on any atom is 0.229 e. The fourth-order valence-corrected chi connectivity index (χ4v) is 2.71. The molecule has 0 aliphatic rings. The third-order valence-corrected chi connectivity index (χ3v) is 4.37. The van der Waals surface area contributed by atoms with Gasteiger partial charge in [-0.3, -0.25) is 0 Å². The molecule has 128 valence electrons. The maximum atomic E-state index is 6.15. The molecule has 0 radical (unpaired) electrons. The van der Waals surface area contributed by atoms with E-state index in [0.29, 0.717) is 5.95 Å². The number of aromatic nitrogens is 2. The average molecular weight is 353 g/mol. The average Bonchev–Trinajstić information content (AvgIpc) is 2.64. The molecule has 0 atom stereocenters. The zero-order valence-electron chi connectivity index (χ0n) is 14.2. The van der Waals surface area contributed by atoms with Crippen molar-refractivity contribution in [1.29, 1.82) is 0 Å². The normalized spacial score (nSPS) is 10.5. The lowest BCUT2D eigenvalue weighted by Crippen LogP contribution is -2.06. The molecule has 0 spiro atoms. The lowest BCUT2D eigenvalue weighted by atomic mass is 10.1. The van der Waals surface area contributed by atoms with Crippen LogP contribution in [0.4, 0.5) is 17.5 Å². The molecule has 3 aromatic rings. The SMILES string of the molecule is Cc1c(Cl)cccc1Nc1nccc(NCCCc2ccccc2)n1. The molecular weight excluding hydrogens is 332 g/mol. The molecule has 1 aromatic heterocycles. The Labute approximate surface area is 153 Å². The van der Waals surface area contributed by atoms with Gasteiger partial charge in [-0.25, -0.2) is 4.98 Å². The van der Waals surface area contributed by atoms with Crippen LogP contribution in [0.3, 0.4) is 0 Å². The molecule has 4 nitrogen and oxygen atoms in total. The Balaban J connectivity index is 1.55. The summed E-state index contributed by atoms with van der Waals surface area (Å²) in [5.41, 5.74) is 3.24. The van der Waals surface area contributed by atoms with E-state index in [2.05, 4.69) is 44.9 Å². The van der Waals surface area contributed by atoms with Gasteiger partial charge in [-0.1, -0.05) is 48.0 Å². The fourth-order valence-electron chi connectivity index (χ4n) is 2.53. The number of benzene rings is 2. The summed E-state index contributed by atoms with van der Waals surface area (Å²) in [6.45, 7) is 2.83. The zero-order valence-corrected chi connectivity index (χ0v) is 14.9. The van der Waals surface area contributed by atoms with Gasteiger partial charge in [0, 0.05) is 23.5 Å². The highest BCUT2D eigenvalue weighted by Crippen LogP contribution is 2.25. The van der Waals surface area contributed by atoms with Gasteiger partial charge < -0.3 is 10.6 Å². The van der Waals surface area contributed by atoms with E-state index >= 15 is 0 Å². The number of rotatable bonds is 7. The molecule has 5 heteroatoms. The fraction of sp³-hybridized carbons (Fsp3) is 0.200. The molecule has 0 bridgehead atoms. The summed E-state index contributed by atoms with van der Waals surface area (Å²) in [4.78, 5) is 8.78. The van der Waals surface area contributed by atoms with Gasteiger partial charge in [0.05, 0.1) is 0 Å². The van der Waals surface area contributed by atoms with Gasteiger partial charge in [0.1, 0.15) is 5.82 Å². The highest BCUT2D eigenvalue weighted by molar-refractivity contribution is 6.31. The lowest BCUT2D eigenvalue weighted by Gasteiger charge is -2.11. The number of nitrogens with zero attached hydrogens (tertiary/aromatic N) is 2. The van der Waals surface area contributed by atoms with E-state index in [1.165, 1.54) is 5.56 Å². The Morgan fingerprint density at radius 1 is 1.00 bits per heavy atom. The first-order chi connectivity index (χ1) is 12.2. The zero-order chi connectivity index (χ0) is 17.5. The molecule has 0 saturated carbocycles. The molecule has 1 heterocycles. The Morgan fingerprint density at radius 3 is 2.68 bits per heavy atom. The summed E-state index contributed by atoms with van der Waals surface area (Å²) >= 11 is 6.15. The van der Waals surface area contributed by atoms with Gasteiger partial charge in [-0.2, -0.15) is 4.98 Å². The summed E-state index contributed by atoms with van der Waals surface area (Å²) in [5, 5.41) is 7.30. The highest BCUT2D eigenvalue weighted by atomic mass is 35.5. The first kappa shape index (κ1) is 17.2. The van der Waals surface area contributed by atoms with E-state index in [1.807, 2.05) is 37.3 Å². The van der Waals surface area contributed by atoms with Gasteiger partial charge in [-0.15, -0.1) is 0 Å². The van der Waals surface area contributed by atoms with Crippen LogP contribution < -0.4 is 10.6 Å². The Kier molecular flexibility index (Phi) is 5.86. The first-order valence-corrected chi connectivity index (χ1v) is 8.73. The smallest absolute Gasteiger partial charge is 0.229 e. The van der Waals surface area contributed by atoms with Crippen LogP contribution in [0.1, 0.15) is 17.5 Å². The van der Waals surface area contributed by atoms with Crippen LogP contribution in [0.5, 0.6) is 0 Å². The van der Waals surface area contributed by atoms with Crippen molar-refractivity contribution in [1.82, 2.24) is 9.97 Å². The molecule has 0 saturated heterocycles. The number of aryl methyl sites for hydroxylation is 1. The summed E-state index contributed by atoms with van der Waals surface area (Å²) in [5.74, 6) is 1.36. The minimum Gasteiger partial charge on any atom is -0.370 e. The number of anilines is 3. The topological polar surface area (TPSA) is 49.8 Å². The third kappa shape index (κ3) is 4.94. The van der Waals surface area contributed by atoms with Crippen molar-refractivity contribution in [3.8, 4) is 0 Å². The van der Waals surface area contributed by atoms with E-state index < -0.39 is 0 Å². The predicted octanol–water partition coefficient (Wildman–Crippen LogP) is 5.23. The maximum absolute atomic E-state index is 6.15. The first-order valence-electron chi connectivity index (χ1n) is 8.35. The van der Waals surface area contributed by atoms with Crippen LogP contribution >= 0.6 is 11.6 Å². The van der Waals surface area contributed by atoms with Crippen molar-refractivity contribution in [2.75, 3.05) is 17.2 Å². The quantitative estimate of drug-likeness (QED) is 0.572. The summed E-state index contributed by atoms with van der Waals surface area (Å²) in [6, 6.07) is 18.1. The van der Waals surface area contributed by atoms with Crippen molar-refractivity contribution < 1.29 is 0 Å². The molecular formula is C20H21ClN4. The molecule has 2 N–H and O–H groups in total. The second-order valence-corrected chi connectivity index (χ2v) is 6.23. The van der Waals surface area contributed by atoms with Gasteiger partial charge in [-0.05, 0) is 49.1 Å². The molecule has 0 unspecified atom stereocenters. The van der Waals surface area contributed by atoms with Crippen LogP contribution in [0, 0.1) is 6.92 Å². The Morgan fingerprint density at radius 2 is 1.84 bits per heavy atom. The van der Waals surface area contributed by atoms with Gasteiger partial charge in [0.25, 0.3) is 0 Å². The monoisotopic (exact) mass is 352 g/mol. The Hall–Kier alpha value is -2.59. The van der Waals surface area contributed by atoms with Crippen LogP contribution in [0.2, 0.25) is 5.02 Å². The number of hydrogen-bond acceptors (Lipinski definition) is 4. The van der Waals surface area contributed by atoms with Crippen LogP contribution in [-0.4, -0.2) is 16.5 Å². The van der Waals surface area contributed by atoms with E-state index in [4.69, 9.17) is 11.6 Å². The van der Waals surface area contributed by atoms with Crippen molar-refractivity contribution in [2.45, 2.75) is 19.8 Å². The van der Waals surface area contributed by atoms with E-state index in [9.17, 15) is 0 Å². The lowest BCUT2D eigenvalue weighted by molar-refractivity contribution is 0.858. The van der Waals surface area contributed by atoms with Crippen molar-refractivity contribution in [3.63, 3.8) is 0 Å². The second-order valence-electron chi connectivity index (χ2n) is 5.82. The number of halogens is 1. The van der Waals surface area contributed by atoms with Crippen LogP contribution in [0.25, 0.3) is 0 Å². The summed E-state index contributed by atoms with van der Waals surface area (Å²) < 4.78 is 0. The van der Waals surface area contributed by atoms with E-state index in [0.717, 1.165) is 41.5 Å². The Bertz CT molecular complexity index is 821. The minimum atomic E-state index is 0.554. The van der Waals surface area contributed by atoms with E-state index in [1.54, 1.807) is 6.20 Å². The molecule has 3 rings (SSSR count). The summed E-state index contributed by atoms with van der Waals surface area (Å²) in [7, 11) is 0. The number of nitrogens with one attached hydrogen (secondary N) is 2. The van der Waals surface area contributed by atoms with Gasteiger partial charge >= 0.3 is 0 Å². The third-order valence-electron chi connectivity index (χ3n) is 3.96. The van der Waals surface area contributed by atoms with Crippen LogP contribution in [0.15, 0.2) is 60.8 Å². The van der Waals surface area contributed by atoms with Crippen LogP contribution in [-0.2, 0) is 6.42 Å². The highest BCUT2D eigenvalue weighted by Gasteiger charge is 2.05. The molecule has 0 amide bonds. The van der Waals surface area contributed by atoms with Crippen molar-refractivity contribution in [3.05, 3.63) is 76.9 Å². The standard InChI is InChI=1S/C20H21ClN4/c1-15-17(21)10-5-11-18(15)24-20-23-14-12-19(25-20)22-13-6-9-16-7-3-2-4-8-16/h2-5,7-8,10-12,14H,6,9,13H2,1H3,(H2,22,23,24,25).